The van der Waals surface area contributed by atoms with Crippen LogP contribution in [0, 0.1) is 0 Å². The Labute approximate surface area is 164 Å². The number of anilines is 1. The second-order valence-corrected chi connectivity index (χ2v) is 6.51. The quantitative estimate of drug-likeness (QED) is 0.483. The Morgan fingerprint density at radius 3 is 2.54 bits per heavy atom. The molecular weight excluding hydrogens is 445 g/mol. The zero-order chi connectivity index (χ0) is 20.5. The number of hydrogen-bond acceptors (Lipinski definition) is 4. The molecule has 3 rings (SSSR count). The van der Waals surface area contributed by atoms with E-state index < -0.39 is 18.1 Å². The number of nitrogens with one attached hydrogen (secondary N) is 1. The number of ether oxygens (including phenoxy) is 1. The van der Waals surface area contributed by atoms with Crippen molar-refractivity contribution >= 4 is 44.2 Å². The van der Waals surface area contributed by atoms with E-state index in [-0.39, 0.29) is 17.0 Å². The molecule has 0 saturated heterocycles. The average Bonchev–Trinajstić information content (AvgIpc) is 2.84. The molecule has 2 N–H and O–H groups in total. The Balaban J connectivity index is 1.89. The van der Waals surface area contributed by atoms with Gasteiger partial charge in [0.1, 0.15) is 5.75 Å². The molecule has 1 aromatic heterocycles. The molecule has 0 spiro atoms. The van der Waals surface area contributed by atoms with Crippen molar-refractivity contribution in [3.63, 3.8) is 0 Å². The average molecular weight is 457 g/mol. The van der Waals surface area contributed by atoms with Gasteiger partial charge in [0, 0.05) is 22.6 Å². The number of alkyl halides is 3. The molecule has 0 aliphatic heterocycles. The SMILES string of the molecule is Cn1c(O)c(N=NC(=O)Nc2ccc(Br)cc2)c2cc(OC(F)(F)F)ccc21. The predicted molar refractivity (Wildman–Crippen MR) is 98.9 cm³/mol. The molecule has 0 fully saturated rings. The van der Waals surface area contributed by atoms with Crippen LogP contribution in [-0.2, 0) is 7.05 Å². The summed E-state index contributed by atoms with van der Waals surface area (Å²) in [5, 5.41) is 20.0. The van der Waals surface area contributed by atoms with E-state index in [0.29, 0.717) is 11.2 Å². The molecule has 0 aliphatic carbocycles. The molecule has 146 valence electrons. The summed E-state index contributed by atoms with van der Waals surface area (Å²) in [6.07, 6.45) is -4.86. The maximum Gasteiger partial charge on any atom is 0.573 e. The van der Waals surface area contributed by atoms with Gasteiger partial charge in [-0.1, -0.05) is 21.0 Å². The third kappa shape index (κ3) is 4.42. The van der Waals surface area contributed by atoms with Crippen molar-refractivity contribution in [3.05, 3.63) is 46.9 Å². The molecule has 0 bridgehead atoms. The van der Waals surface area contributed by atoms with Crippen molar-refractivity contribution in [1.82, 2.24) is 4.57 Å². The van der Waals surface area contributed by atoms with Gasteiger partial charge in [-0.2, -0.15) is 0 Å². The number of aromatic nitrogens is 1. The Kier molecular flexibility index (Phi) is 5.27. The van der Waals surface area contributed by atoms with Crippen LogP contribution >= 0.6 is 15.9 Å². The zero-order valence-electron chi connectivity index (χ0n) is 14.2. The van der Waals surface area contributed by atoms with E-state index in [2.05, 4.69) is 36.2 Å². The Hall–Kier alpha value is -3.08. The minimum absolute atomic E-state index is 0.141. The van der Waals surface area contributed by atoms with Gasteiger partial charge in [0.2, 0.25) is 5.88 Å². The van der Waals surface area contributed by atoms with Gasteiger partial charge in [-0.3, -0.25) is 0 Å². The molecule has 7 nitrogen and oxygen atoms in total. The summed E-state index contributed by atoms with van der Waals surface area (Å²) in [7, 11) is 1.49. The molecule has 11 heteroatoms. The molecule has 3 aromatic rings. The summed E-state index contributed by atoms with van der Waals surface area (Å²) in [5.74, 6) is -0.847. The number of nitrogens with zero attached hydrogens (tertiary/aromatic N) is 3. The van der Waals surface area contributed by atoms with Gasteiger partial charge in [0.15, 0.2) is 5.69 Å². The van der Waals surface area contributed by atoms with Crippen LogP contribution in [0.4, 0.5) is 29.3 Å². The van der Waals surface area contributed by atoms with Gasteiger partial charge in [-0.15, -0.1) is 18.3 Å². The Morgan fingerprint density at radius 2 is 1.89 bits per heavy atom. The minimum Gasteiger partial charge on any atom is -0.493 e. The first-order valence-electron chi connectivity index (χ1n) is 7.69. The maximum absolute atomic E-state index is 12.4. The van der Waals surface area contributed by atoms with Crippen LogP contribution in [0.5, 0.6) is 11.6 Å². The normalized spacial score (nSPS) is 11.9. The summed E-state index contributed by atoms with van der Waals surface area (Å²) >= 11 is 3.26. The van der Waals surface area contributed by atoms with E-state index in [1.807, 2.05) is 0 Å². The number of carbonyl (C=O) groups excluding carboxylic acids is 1. The van der Waals surface area contributed by atoms with Crippen LogP contribution in [0.25, 0.3) is 10.9 Å². The van der Waals surface area contributed by atoms with Crippen LogP contribution in [0.15, 0.2) is 57.2 Å². The highest BCUT2D eigenvalue weighted by Gasteiger charge is 2.31. The third-order valence-electron chi connectivity index (χ3n) is 3.68. The summed E-state index contributed by atoms with van der Waals surface area (Å²) in [6.45, 7) is 0. The van der Waals surface area contributed by atoms with E-state index in [1.165, 1.54) is 17.7 Å². The van der Waals surface area contributed by atoms with Crippen LogP contribution in [0.1, 0.15) is 0 Å². The van der Waals surface area contributed by atoms with Crippen molar-refractivity contribution < 1.29 is 27.8 Å². The van der Waals surface area contributed by atoms with Crippen molar-refractivity contribution in [3.8, 4) is 11.6 Å². The summed E-state index contributed by atoms with van der Waals surface area (Å²) in [4.78, 5) is 11.9. The number of carbonyl (C=O) groups is 1. The number of rotatable bonds is 3. The lowest BCUT2D eigenvalue weighted by Crippen LogP contribution is -2.16. The second kappa shape index (κ2) is 7.50. The number of azo groups is 1. The minimum atomic E-state index is -4.86. The van der Waals surface area contributed by atoms with Gasteiger partial charge in [-0.05, 0) is 42.5 Å². The highest BCUT2D eigenvalue weighted by molar-refractivity contribution is 9.10. The van der Waals surface area contributed by atoms with E-state index in [0.717, 1.165) is 16.6 Å². The van der Waals surface area contributed by atoms with Crippen molar-refractivity contribution in [2.45, 2.75) is 6.36 Å². The third-order valence-corrected chi connectivity index (χ3v) is 4.21. The molecule has 28 heavy (non-hydrogen) atoms. The summed E-state index contributed by atoms with van der Waals surface area (Å²) in [6, 6.07) is 9.37. The van der Waals surface area contributed by atoms with E-state index in [1.54, 1.807) is 24.3 Å². The van der Waals surface area contributed by atoms with E-state index >= 15 is 0 Å². The molecule has 1 heterocycles. The number of aryl methyl sites for hydroxylation is 1. The fourth-order valence-electron chi connectivity index (χ4n) is 2.46. The topological polar surface area (TPSA) is 88.2 Å². The number of benzene rings is 2. The Bertz CT molecular complexity index is 1060. The van der Waals surface area contributed by atoms with Crippen LogP contribution < -0.4 is 10.1 Å². The molecule has 0 aliphatic rings. The molecule has 0 saturated carbocycles. The fraction of sp³-hybridized carbons (Fsp3) is 0.118. The first-order chi connectivity index (χ1) is 13.1. The predicted octanol–water partition coefficient (Wildman–Crippen LogP) is 5.86. The Morgan fingerprint density at radius 1 is 1.21 bits per heavy atom. The van der Waals surface area contributed by atoms with E-state index in [4.69, 9.17) is 0 Å². The number of urea groups is 1. The summed E-state index contributed by atoms with van der Waals surface area (Å²) in [5.41, 5.74) is 0.695. The number of fused-ring (bicyclic) bond motifs is 1. The van der Waals surface area contributed by atoms with Crippen molar-refractivity contribution in [1.29, 1.82) is 0 Å². The fourth-order valence-corrected chi connectivity index (χ4v) is 2.73. The zero-order valence-corrected chi connectivity index (χ0v) is 15.7. The van der Waals surface area contributed by atoms with Gasteiger partial charge in [0.25, 0.3) is 0 Å². The highest BCUT2D eigenvalue weighted by atomic mass is 79.9. The monoisotopic (exact) mass is 456 g/mol. The van der Waals surface area contributed by atoms with Crippen molar-refractivity contribution in [2.24, 2.45) is 17.3 Å². The lowest BCUT2D eigenvalue weighted by Gasteiger charge is -2.08. The molecular formula is C17H12BrF3N4O3. The van der Waals surface area contributed by atoms with Gasteiger partial charge < -0.3 is 19.7 Å². The second-order valence-electron chi connectivity index (χ2n) is 5.60. The van der Waals surface area contributed by atoms with Crippen LogP contribution in [-0.4, -0.2) is 22.1 Å². The standard InChI is InChI=1S/C17H12BrF3N4O3/c1-25-13-7-6-11(28-17(19,20)21)8-12(13)14(15(25)26)23-24-16(27)22-10-4-2-9(18)3-5-10/h2-8,26H,1H3,(H,22,27). The van der Waals surface area contributed by atoms with Gasteiger partial charge in [0.05, 0.1) is 5.52 Å². The van der Waals surface area contributed by atoms with E-state index in [9.17, 15) is 23.1 Å². The smallest absolute Gasteiger partial charge is 0.493 e. The number of amides is 2. The molecule has 2 amide bonds. The molecule has 2 aromatic carbocycles. The van der Waals surface area contributed by atoms with Crippen LogP contribution in [0.3, 0.4) is 0 Å². The van der Waals surface area contributed by atoms with Gasteiger partial charge in [-0.25, -0.2) is 4.79 Å². The number of aromatic hydroxyl groups is 1. The first kappa shape index (κ1) is 19.7. The molecule has 0 radical (unpaired) electrons. The number of halogens is 4. The summed E-state index contributed by atoms with van der Waals surface area (Å²) < 4.78 is 43.3. The molecule has 0 unspecified atom stereocenters. The highest BCUT2D eigenvalue weighted by Crippen LogP contribution is 2.40. The maximum atomic E-state index is 12.4. The first-order valence-corrected chi connectivity index (χ1v) is 8.49. The largest absolute Gasteiger partial charge is 0.573 e. The number of hydrogen-bond donors (Lipinski definition) is 2. The lowest BCUT2D eigenvalue weighted by atomic mass is 10.2. The lowest BCUT2D eigenvalue weighted by molar-refractivity contribution is -0.274. The van der Waals surface area contributed by atoms with Crippen LogP contribution in [0.2, 0.25) is 0 Å². The van der Waals surface area contributed by atoms with Crippen molar-refractivity contribution in [2.75, 3.05) is 5.32 Å². The van der Waals surface area contributed by atoms with Gasteiger partial charge >= 0.3 is 12.4 Å². The molecule has 0 atom stereocenters.